The van der Waals surface area contributed by atoms with Gasteiger partial charge >= 0.3 is 0 Å². The van der Waals surface area contributed by atoms with Crippen molar-refractivity contribution in [2.45, 2.75) is 38.6 Å². The molecule has 1 fully saturated rings. The van der Waals surface area contributed by atoms with Gasteiger partial charge in [-0.05, 0) is 30.5 Å². The first-order chi connectivity index (χ1) is 11.1. The number of methoxy groups -OCH3 is 1. The molecule has 1 N–H and O–H groups in total. The fraction of sp³-hybridized carbons (Fsp3) is 0.556. The van der Waals surface area contributed by atoms with E-state index in [2.05, 4.69) is 12.2 Å². The highest BCUT2D eigenvalue weighted by Crippen LogP contribution is 2.37. The molecule has 1 aliphatic heterocycles. The molecule has 0 saturated carbocycles. The van der Waals surface area contributed by atoms with E-state index in [1.165, 1.54) is 0 Å². The van der Waals surface area contributed by atoms with Gasteiger partial charge in [0.1, 0.15) is 5.75 Å². The Morgan fingerprint density at radius 1 is 1.35 bits per heavy atom. The molecule has 1 aromatic rings. The second kappa shape index (κ2) is 7.99. The molecule has 2 rings (SSSR count). The Kier molecular flexibility index (Phi) is 6.02. The maximum atomic E-state index is 12.4. The van der Waals surface area contributed by atoms with Crippen LogP contribution in [0.3, 0.4) is 0 Å². The summed E-state index contributed by atoms with van der Waals surface area (Å²) in [6, 6.07) is 7.47. The maximum absolute atomic E-state index is 12.4. The zero-order valence-electron chi connectivity index (χ0n) is 14.2. The topological polar surface area (TPSA) is 58.6 Å². The van der Waals surface area contributed by atoms with E-state index in [0.717, 1.165) is 24.2 Å². The number of carbonyl (C=O) groups is 2. The highest BCUT2D eigenvalue weighted by Gasteiger charge is 2.39. The number of amides is 2. The van der Waals surface area contributed by atoms with E-state index in [-0.39, 0.29) is 23.8 Å². The van der Waals surface area contributed by atoms with Crippen LogP contribution in [0.25, 0.3) is 0 Å². The van der Waals surface area contributed by atoms with Gasteiger partial charge < -0.3 is 15.0 Å². The molecule has 0 bridgehead atoms. The van der Waals surface area contributed by atoms with E-state index in [0.29, 0.717) is 19.4 Å². The number of ether oxygens (including phenoxy) is 1. The number of nitrogens with zero attached hydrogens (tertiary/aromatic N) is 1. The first-order valence-corrected chi connectivity index (χ1v) is 8.27. The summed E-state index contributed by atoms with van der Waals surface area (Å²) in [5, 5.41) is 2.75. The summed E-state index contributed by atoms with van der Waals surface area (Å²) in [7, 11) is 3.28. The van der Waals surface area contributed by atoms with Crippen molar-refractivity contribution in [1.82, 2.24) is 10.2 Å². The number of hydrogen-bond donors (Lipinski definition) is 1. The van der Waals surface area contributed by atoms with Crippen LogP contribution in [0.1, 0.15) is 44.2 Å². The third-order valence-electron chi connectivity index (χ3n) is 4.50. The number of likely N-dealkylation sites (tertiary alicyclic amines) is 1. The first-order valence-electron chi connectivity index (χ1n) is 8.27. The monoisotopic (exact) mass is 318 g/mol. The van der Waals surface area contributed by atoms with Crippen molar-refractivity contribution >= 4 is 11.8 Å². The van der Waals surface area contributed by atoms with Gasteiger partial charge in [-0.25, -0.2) is 0 Å². The normalized spacial score (nSPS) is 21.2. The largest absolute Gasteiger partial charge is 0.497 e. The quantitative estimate of drug-likeness (QED) is 0.877. The van der Waals surface area contributed by atoms with Gasteiger partial charge in [-0.3, -0.25) is 9.59 Å². The van der Waals surface area contributed by atoms with Crippen LogP contribution in [0.4, 0.5) is 0 Å². The minimum absolute atomic E-state index is 0.000170. The van der Waals surface area contributed by atoms with Crippen LogP contribution in [0, 0.1) is 5.92 Å². The zero-order valence-corrected chi connectivity index (χ0v) is 14.2. The van der Waals surface area contributed by atoms with Gasteiger partial charge in [-0.15, -0.1) is 0 Å². The van der Waals surface area contributed by atoms with Crippen molar-refractivity contribution in [3.63, 3.8) is 0 Å². The summed E-state index contributed by atoms with van der Waals surface area (Å²) < 4.78 is 5.21. The van der Waals surface area contributed by atoms with Gasteiger partial charge in [0.25, 0.3) is 0 Å². The predicted octanol–water partition coefficient (Wildman–Crippen LogP) is 2.52. The molecule has 5 heteroatoms. The Bertz CT molecular complexity index is 542. The SMILES string of the molecule is CCCCN1C(=O)CC[C@@H](C(=O)NC)[C@H]1c1ccc(OC)cc1. The lowest BCUT2D eigenvalue weighted by Gasteiger charge is -2.40. The highest BCUT2D eigenvalue weighted by molar-refractivity contribution is 5.84. The Labute approximate surface area is 138 Å². The highest BCUT2D eigenvalue weighted by atomic mass is 16.5. The van der Waals surface area contributed by atoms with Crippen LogP contribution in [-0.2, 0) is 9.59 Å². The molecule has 1 aromatic carbocycles. The number of unbranched alkanes of at least 4 members (excludes halogenated alkanes) is 1. The van der Waals surface area contributed by atoms with E-state index < -0.39 is 0 Å². The minimum atomic E-state index is -0.206. The van der Waals surface area contributed by atoms with Gasteiger partial charge in [0.05, 0.1) is 19.1 Å². The molecule has 1 heterocycles. The van der Waals surface area contributed by atoms with Crippen molar-refractivity contribution < 1.29 is 14.3 Å². The summed E-state index contributed by atoms with van der Waals surface area (Å²) in [4.78, 5) is 26.6. The standard InChI is InChI=1S/C18H26N2O3/c1-4-5-12-20-16(21)11-10-15(18(22)19-2)17(20)13-6-8-14(23-3)9-7-13/h6-9,15,17H,4-5,10-12H2,1-3H3,(H,19,22)/t15-,17-/m1/s1. The van der Waals surface area contributed by atoms with Crippen molar-refractivity contribution in [2.24, 2.45) is 5.92 Å². The van der Waals surface area contributed by atoms with Crippen LogP contribution >= 0.6 is 0 Å². The first kappa shape index (κ1) is 17.3. The van der Waals surface area contributed by atoms with Crippen molar-refractivity contribution in [2.75, 3.05) is 20.7 Å². The molecule has 0 spiro atoms. The van der Waals surface area contributed by atoms with Crippen LogP contribution in [0.2, 0.25) is 0 Å². The van der Waals surface area contributed by atoms with Crippen molar-refractivity contribution in [3.05, 3.63) is 29.8 Å². The smallest absolute Gasteiger partial charge is 0.225 e. The molecule has 0 aliphatic carbocycles. The van der Waals surface area contributed by atoms with Crippen molar-refractivity contribution in [1.29, 1.82) is 0 Å². The molecule has 0 unspecified atom stereocenters. The Morgan fingerprint density at radius 3 is 2.61 bits per heavy atom. The molecule has 2 atom stereocenters. The third-order valence-corrected chi connectivity index (χ3v) is 4.50. The molecule has 5 nitrogen and oxygen atoms in total. The predicted molar refractivity (Wildman–Crippen MR) is 89.1 cm³/mol. The molecule has 23 heavy (non-hydrogen) atoms. The lowest BCUT2D eigenvalue weighted by molar-refractivity contribution is -0.143. The molecule has 126 valence electrons. The number of nitrogens with one attached hydrogen (secondary N) is 1. The third kappa shape index (κ3) is 3.84. The number of carbonyl (C=O) groups excluding carboxylic acids is 2. The Morgan fingerprint density at radius 2 is 2.04 bits per heavy atom. The number of benzene rings is 1. The van der Waals surface area contributed by atoms with E-state index in [4.69, 9.17) is 4.74 Å². The van der Waals surface area contributed by atoms with E-state index in [1.807, 2.05) is 29.2 Å². The van der Waals surface area contributed by atoms with Gasteiger partial charge in [-0.2, -0.15) is 0 Å². The lowest BCUT2D eigenvalue weighted by Crippen LogP contribution is -2.47. The Hall–Kier alpha value is -2.04. The van der Waals surface area contributed by atoms with E-state index >= 15 is 0 Å². The summed E-state index contributed by atoms with van der Waals surface area (Å²) in [5.41, 5.74) is 0.989. The lowest BCUT2D eigenvalue weighted by atomic mass is 9.83. The maximum Gasteiger partial charge on any atom is 0.225 e. The van der Waals surface area contributed by atoms with Crippen LogP contribution < -0.4 is 10.1 Å². The average molecular weight is 318 g/mol. The number of rotatable bonds is 6. The molecule has 2 amide bonds. The number of hydrogen-bond acceptors (Lipinski definition) is 3. The summed E-state index contributed by atoms with van der Waals surface area (Å²) in [5.74, 6) is 0.703. The van der Waals surface area contributed by atoms with Gasteiger partial charge in [0.2, 0.25) is 11.8 Å². The van der Waals surface area contributed by atoms with Gasteiger partial charge in [0, 0.05) is 20.0 Å². The zero-order chi connectivity index (χ0) is 16.8. The summed E-state index contributed by atoms with van der Waals surface area (Å²) >= 11 is 0. The second-order valence-electron chi connectivity index (χ2n) is 5.92. The fourth-order valence-electron chi connectivity index (χ4n) is 3.22. The molecule has 1 aliphatic rings. The minimum Gasteiger partial charge on any atom is -0.497 e. The molecule has 0 radical (unpaired) electrons. The fourth-order valence-corrected chi connectivity index (χ4v) is 3.22. The van der Waals surface area contributed by atoms with Gasteiger partial charge in [-0.1, -0.05) is 25.5 Å². The summed E-state index contributed by atoms with van der Waals surface area (Å²) in [6.45, 7) is 2.80. The van der Waals surface area contributed by atoms with Crippen LogP contribution in [0.5, 0.6) is 5.75 Å². The van der Waals surface area contributed by atoms with Crippen LogP contribution in [-0.4, -0.2) is 37.4 Å². The summed E-state index contributed by atoms with van der Waals surface area (Å²) in [6.07, 6.45) is 2.99. The van der Waals surface area contributed by atoms with Gasteiger partial charge in [0.15, 0.2) is 0 Å². The molecule has 0 aromatic heterocycles. The second-order valence-corrected chi connectivity index (χ2v) is 5.92. The molecular formula is C18H26N2O3. The van der Waals surface area contributed by atoms with Crippen molar-refractivity contribution in [3.8, 4) is 5.75 Å². The average Bonchev–Trinajstić information content (AvgIpc) is 2.59. The number of piperidine rings is 1. The Balaban J connectivity index is 2.36. The van der Waals surface area contributed by atoms with E-state index in [1.54, 1.807) is 14.2 Å². The molecular weight excluding hydrogens is 292 g/mol. The van der Waals surface area contributed by atoms with E-state index in [9.17, 15) is 9.59 Å². The molecule has 1 saturated heterocycles. The van der Waals surface area contributed by atoms with Crippen LogP contribution in [0.15, 0.2) is 24.3 Å².